The molecule has 1 N–H and O–H groups in total. The summed E-state index contributed by atoms with van der Waals surface area (Å²) in [6.45, 7) is 2.81. The third-order valence-corrected chi connectivity index (χ3v) is 3.97. The molecule has 0 aliphatic heterocycles. The molecule has 10 heteroatoms. The number of carbonyl (C=O) groups excluding carboxylic acids is 1. The molecule has 0 spiro atoms. The average Bonchev–Trinajstić information content (AvgIpc) is 3.16. The summed E-state index contributed by atoms with van der Waals surface area (Å²) in [5.74, 6) is -0.255. The van der Waals surface area contributed by atoms with Crippen LogP contribution >= 0.6 is 0 Å². The maximum atomic E-state index is 12.5. The summed E-state index contributed by atoms with van der Waals surface area (Å²) in [6.07, 6.45) is 1.36. The molecule has 0 atom stereocenters. The lowest BCUT2D eigenvalue weighted by atomic mass is 10.3. The second kappa shape index (κ2) is 7.09. The van der Waals surface area contributed by atoms with Gasteiger partial charge in [-0.3, -0.25) is 19.6 Å². The van der Waals surface area contributed by atoms with Crippen molar-refractivity contribution in [3.8, 4) is 11.8 Å². The zero-order valence-electron chi connectivity index (χ0n) is 14.6. The third kappa shape index (κ3) is 3.38. The molecule has 0 radical (unpaired) electrons. The van der Waals surface area contributed by atoms with Crippen LogP contribution in [-0.2, 0) is 11.3 Å². The number of nitrogens with one attached hydrogen (secondary N) is 1. The molecule has 0 unspecified atom stereocenters. The third-order valence-electron chi connectivity index (χ3n) is 3.97. The van der Waals surface area contributed by atoms with Crippen molar-refractivity contribution < 1.29 is 9.72 Å². The summed E-state index contributed by atoms with van der Waals surface area (Å²) < 4.78 is 2.71. The number of rotatable bonds is 5. The van der Waals surface area contributed by atoms with E-state index < -0.39 is 10.8 Å². The number of aromatic nitrogens is 4. The highest BCUT2D eigenvalue weighted by Crippen LogP contribution is 2.22. The van der Waals surface area contributed by atoms with Crippen LogP contribution in [0.15, 0.2) is 36.5 Å². The lowest BCUT2D eigenvalue weighted by Crippen LogP contribution is -2.22. The van der Waals surface area contributed by atoms with Crippen LogP contribution in [0.2, 0.25) is 0 Å². The topological polar surface area (TPSA) is 132 Å². The number of amides is 1. The molecule has 2 heterocycles. The quantitative estimate of drug-likeness (QED) is 0.544. The first-order valence-electron chi connectivity index (χ1n) is 7.94. The van der Waals surface area contributed by atoms with Gasteiger partial charge >= 0.3 is 5.69 Å². The summed E-state index contributed by atoms with van der Waals surface area (Å²) in [4.78, 5) is 23.0. The van der Waals surface area contributed by atoms with Crippen LogP contribution in [0.5, 0.6) is 0 Å². The molecule has 0 fully saturated rings. The number of carbonyl (C=O) groups is 1. The highest BCUT2D eigenvalue weighted by Gasteiger charge is 2.23. The van der Waals surface area contributed by atoms with E-state index in [1.54, 1.807) is 12.1 Å². The fourth-order valence-corrected chi connectivity index (χ4v) is 2.73. The van der Waals surface area contributed by atoms with Crippen LogP contribution in [0.3, 0.4) is 0 Å². The first-order chi connectivity index (χ1) is 12.9. The van der Waals surface area contributed by atoms with Crippen LogP contribution in [0.1, 0.15) is 17.0 Å². The largest absolute Gasteiger partial charge is 0.312 e. The monoisotopic (exact) mass is 365 g/mol. The number of nitro groups is 1. The normalized spacial score (nSPS) is 10.4. The second-order valence-electron chi connectivity index (χ2n) is 5.75. The van der Waals surface area contributed by atoms with Crippen molar-refractivity contribution in [3.05, 3.63) is 63.6 Å². The SMILES string of the molecule is Cc1nn(CC(=O)Nc2c(C#N)cnn2-c2ccccc2)c(C)c1[N+](=O)[O-]. The maximum absolute atomic E-state index is 12.5. The Bertz CT molecular complexity index is 1060. The van der Waals surface area contributed by atoms with E-state index in [1.165, 1.54) is 29.4 Å². The molecule has 0 saturated carbocycles. The number of hydrogen-bond acceptors (Lipinski definition) is 6. The van der Waals surface area contributed by atoms with Gasteiger partial charge in [-0.1, -0.05) is 18.2 Å². The smallest absolute Gasteiger partial charge is 0.308 e. The Hall–Kier alpha value is -4.00. The molecule has 3 rings (SSSR count). The van der Waals surface area contributed by atoms with Gasteiger partial charge in [0, 0.05) is 0 Å². The summed E-state index contributed by atoms with van der Waals surface area (Å²) >= 11 is 0. The Morgan fingerprint density at radius 2 is 2.04 bits per heavy atom. The standard InChI is InChI=1S/C17H15N7O3/c1-11-16(24(26)27)12(2)22(21-11)10-15(25)20-17-13(8-18)9-19-23(17)14-6-4-3-5-7-14/h3-7,9H,10H2,1-2H3,(H,20,25). The van der Waals surface area contributed by atoms with Crippen LogP contribution in [-0.4, -0.2) is 30.4 Å². The van der Waals surface area contributed by atoms with Crippen LogP contribution in [0, 0.1) is 35.3 Å². The van der Waals surface area contributed by atoms with Crippen molar-refractivity contribution >= 4 is 17.4 Å². The molecule has 1 amide bonds. The van der Waals surface area contributed by atoms with Crippen molar-refractivity contribution in [2.45, 2.75) is 20.4 Å². The van der Waals surface area contributed by atoms with Gasteiger partial charge in [0.25, 0.3) is 0 Å². The summed E-state index contributed by atoms with van der Waals surface area (Å²) in [5.41, 5.74) is 1.28. The summed E-state index contributed by atoms with van der Waals surface area (Å²) in [7, 11) is 0. The highest BCUT2D eigenvalue weighted by atomic mass is 16.6. The highest BCUT2D eigenvalue weighted by molar-refractivity contribution is 5.91. The molecular formula is C17H15N7O3. The van der Waals surface area contributed by atoms with Gasteiger partial charge in [0.1, 0.15) is 29.6 Å². The van der Waals surface area contributed by atoms with Gasteiger partial charge in [-0.25, -0.2) is 4.68 Å². The van der Waals surface area contributed by atoms with Crippen LogP contribution in [0.25, 0.3) is 5.69 Å². The summed E-state index contributed by atoms with van der Waals surface area (Å²) in [6, 6.07) is 11.0. The van der Waals surface area contributed by atoms with Crippen molar-refractivity contribution in [3.63, 3.8) is 0 Å². The van der Waals surface area contributed by atoms with Gasteiger partial charge in [-0.15, -0.1) is 0 Å². The minimum Gasteiger partial charge on any atom is -0.308 e. The van der Waals surface area contributed by atoms with Crippen molar-refractivity contribution in [2.75, 3.05) is 5.32 Å². The minimum atomic E-state index is -0.523. The summed E-state index contributed by atoms with van der Waals surface area (Å²) in [5, 5.41) is 31.2. The van der Waals surface area contributed by atoms with E-state index in [1.807, 2.05) is 24.3 Å². The molecule has 0 bridgehead atoms. The lowest BCUT2D eigenvalue weighted by Gasteiger charge is -2.10. The molecule has 0 aliphatic rings. The number of anilines is 1. The number of aryl methyl sites for hydroxylation is 1. The number of nitrogens with zero attached hydrogens (tertiary/aromatic N) is 6. The molecule has 0 aliphatic carbocycles. The fourth-order valence-electron chi connectivity index (χ4n) is 2.73. The van der Waals surface area contributed by atoms with E-state index in [9.17, 15) is 20.2 Å². The fraction of sp³-hybridized carbons (Fsp3) is 0.176. The van der Waals surface area contributed by atoms with E-state index in [4.69, 9.17) is 0 Å². The predicted molar refractivity (Wildman–Crippen MR) is 95.3 cm³/mol. The second-order valence-corrected chi connectivity index (χ2v) is 5.75. The zero-order valence-corrected chi connectivity index (χ0v) is 14.6. The molecule has 2 aromatic heterocycles. The molecule has 27 heavy (non-hydrogen) atoms. The molecular weight excluding hydrogens is 350 g/mol. The van der Waals surface area contributed by atoms with Crippen LogP contribution < -0.4 is 5.32 Å². The van der Waals surface area contributed by atoms with Gasteiger partial charge in [0.15, 0.2) is 5.82 Å². The minimum absolute atomic E-state index is 0.116. The van der Waals surface area contributed by atoms with E-state index >= 15 is 0 Å². The van der Waals surface area contributed by atoms with E-state index in [0.717, 1.165) is 0 Å². The van der Waals surface area contributed by atoms with Gasteiger partial charge in [0.05, 0.1) is 16.8 Å². The molecule has 1 aromatic carbocycles. The molecule has 10 nitrogen and oxygen atoms in total. The number of nitriles is 1. The van der Waals surface area contributed by atoms with E-state index in [2.05, 4.69) is 15.5 Å². The Morgan fingerprint density at radius 3 is 2.63 bits per heavy atom. The van der Waals surface area contributed by atoms with E-state index in [-0.39, 0.29) is 35.0 Å². The Morgan fingerprint density at radius 1 is 1.33 bits per heavy atom. The predicted octanol–water partition coefficient (Wildman–Crippen LogP) is 2.10. The lowest BCUT2D eigenvalue weighted by molar-refractivity contribution is -0.386. The van der Waals surface area contributed by atoms with E-state index in [0.29, 0.717) is 5.69 Å². The maximum Gasteiger partial charge on any atom is 0.312 e. The number of para-hydroxylation sites is 1. The Balaban J connectivity index is 1.88. The Labute approximate surface area is 153 Å². The van der Waals surface area contributed by atoms with Crippen molar-refractivity contribution in [1.29, 1.82) is 5.26 Å². The van der Waals surface area contributed by atoms with Gasteiger partial charge < -0.3 is 5.32 Å². The van der Waals surface area contributed by atoms with Crippen LogP contribution in [0.4, 0.5) is 11.5 Å². The molecule has 136 valence electrons. The molecule has 0 saturated heterocycles. The van der Waals surface area contributed by atoms with Gasteiger partial charge in [-0.05, 0) is 26.0 Å². The average molecular weight is 365 g/mol. The first-order valence-corrected chi connectivity index (χ1v) is 7.94. The van der Waals surface area contributed by atoms with Crippen molar-refractivity contribution in [2.24, 2.45) is 0 Å². The first kappa shape index (κ1) is 17.8. The van der Waals surface area contributed by atoms with Gasteiger partial charge in [0.2, 0.25) is 5.91 Å². The number of hydrogen-bond donors (Lipinski definition) is 1. The van der Waals surface area contributed by atoms with Gasteiger partial charge in [-0.2, -0.15) is 15.5 Å². The van der Waals surface area contributed by atoms with Crippen molar-refractivity contribution in [1.82, 2.24) is 19.6 Å². The zero-order chi connectivity index (χ0) is 19.6. The Kier molecular flexibility index (Phi) is 4.68. The number of benzene rings is 1. The molecule has 3 aromatic rings.